The maximum absolute atomic E-state index is 12.2. The molecule has 0 bridgehead atoms. The van der Waals surface area contributed by atoms with E-state index in [-0.39, 0.29) is 6.54 Å². The van der Waals surface area contributed by atoms with Crippen LogP contribution in [0.2, 0.25) is 0 Å². The van der Waals surface area contributed by atoms with Gasteiger partial charge in [0, 0.05) is 25.0 Å². The number of pyridine rings is 1. The van der Waals surface area contributed by atoms with Crippen molar-refractivity contribution < 1.29 is 18.3 Å². The Bertz CT molecular complexity index is 853. The fraction of sp³-hybridized carbons (Fsp3) is 0.0833. The first kappa shape index (κ1) is 16.5. The van der Waals surface area contributed by atoms with Gasteiger partial charge in [0.2, 0.25) is 10.0 Å². The fourth-order valence-corrected chi connectivity index (χ4v) is 2.91. The normalized spacial score (nSPS) is 11.1. The van der Waals surface area contributed by atoms with Crippen LogP contribution in [0.15, 0.2) is 47.6 Å². The summed E-state index contributed by atoms with van der Waals surface area (Å²) in [6.45, 7) is -0.0982. The van der Waals surface area contributed by atoms with Crippen molar-refractivity contribution in [1.29, 1.82) is 0 Å². The van der Waals surface area contributed by atoms with E-state index in [0.29, 0.717) is 11.6 Å². The van der Waals surface area contributed by atoms with Gasteiger partial charge < -0.3 is 0 Å². The number of hydrogen-bond acceptors (Lipinski definition) is 7. The van der Waals surface area contributed by atoms with Gasteiger partial charge in [-0.25, -0.2) is 13.1 Å². The minimum absolute atomic E-state index is 0.0982. The van der Waals surface area contributed by atoms with Gasteiger partial charge in [0.1, 0.15) is 0 Å². The summed E-state index contributed by atoms with van der Waals surface area (Å²) in [5.74, 6) is 0. The first-order valence-corrected chi connectivity index (χ1v) is 7.61. The van der Waals surface area contributed by atoms with Gasteiger partial charge in [0.25, 0.3) is 11.4 Å². The largest absolute Gasteiger partial charge is 0.296 e. The molecule has 0 amide bonds. The van der Waals surface area contributed by atoms with Crippen LogP contribution in [-0.4, -0.2) is 23.2 Å². The van der Waals surface area contributed by atoms with Gasteiger partial charge in [-0.1, -0.05) is 0 Å². The highest BCUT2D eigenvalue weighted by Gasteiger charge is 2.28. The lowest BCUT2D eigenvalue weighted by Crippen LogP contribution is -2.24. The summed E-state index contributed by atoms with van der Waals surface area (Å²) >= 11 is 0. The topological polar surface area (TPSA) is 145 Å². The summed E-state index contributed by atoms with van der Waals surface area (Å²) in [4.78, 5) is 23.0. The third-order valence-corrected chi connectivity index (χ3v) is 4.30. The minimum atomic E-state index is -4.21. The number of benzene rings is 1. The Morgan fingerprint density at radius 3 is 2.26 bits per heavy atom. The lowest BCUT2D eigenvalue weighted by molar-refractivity contribution is -0.396. The van der Waals surface area contributed by atoms with Crippen LogP contribution in [0, 0.1) is 20.2 Å². The van der Waals surface area contributed by atoms with Crippen LogP contribution in [0.1, 0.15) is 5.56 Å². The summed E-state index contributed by atoms with van der Waals surface area (Å²) < 4.78 is 26.6. The Morgan fingerprint density at radius 1 is 1.04 bits per heavy atom. The molecule has 0 radical (unpaired) electrons. The molecular weight excluding hydrogens is 328 g/mol. The second kappa shape index (κ2) is 6.46. The van der Waals surface area contributed by atoms with Gasteiger partial charge in [-0.2, -0.15) is 0 Å². The highest BCUT2D eigenvalue weighted by molar-refractivity contribution is 7.89. The summed E-state index contributed by atoms with van der Waals surface area (Å²) in [7, 11) is -4.21. The minimum Gasteiger partial charge on any atom is -0.265 e. The third-order valence-electron chi connectivity index (χ3n) is 2.86. The second-order valence-electron chi connectivity index (χ2n) is 4.35. The van der Waals surface area contributed by atoms with Crippen molar-refractivity contribution >= 4 is 21.4 Å². The van der Waals surface area contributed by atoms with Gasteiger partial charge in [0.05, 0.1) is 15.9 Å². The standard InChI is InChI=1S/C12H10N4O6S/c17-15(18)10-1-2-12(11(7-10)16(19)20)23(21,22)14-8-9-3-5-13-6-4-9/h1-7,14H,8H2. The summed E-state index contributed by atoms with van der Waals surface area (Å²) in [5, 5.41) is 21.7. The Hall–Kier alpha value is -2.92. The molecular formula is C12H10N4O6S. The van der Waals surface area contributed by atoms with E-state index in [2.05, 4.69) is 9.71 Å². The maximum atomic E-state index is 12.2. The van der Waals surface area contributed by atoms with E-state index in [0.717, 1.165) is 12.1 Å². The Labute approximate surface area is 130 Å². The Balaban J connectivity index is 2.35. The molecule has 0 saturated heterocycles. The van der Waals surface area contributed by atoms with Crippen molar-refractivity contribution in [3.05, 3.63) is 68.5 Å². The molecule has 0 aliphatic heterocycles. The van der Waals surface area contributed by atoms with Gasteiger partial charge >= 0.3 is 0 Å². The zero-order valence-corrected chi connectivity index (χ0v) is 12.3. The third kappa shape index (κ3) is 3.84. The number of nitrogens with zero attached hydrogens (tertiary/aromatic N) is 3. The zero-order chi connectivity index (χ0) is 17.0. The fourth-order valence-electron chi connectivity index (χ4n) is 1.75. The summed E-state index contributed by atoms with van der Waals surface area (Å²) in [6.07, 6.45) is 2.94. The number of nitro groups is 2. The van der Waals surface area contributed by atoms with Crippen molar-refractivity contribution in [2.75, 3.05) is 0 Å². The first-order chi connectivity index (χ1) is 10.8. The smallest absolute Gasteiger partial charge is 0.265 e. The van der Waals surface area contributed by atoms with E-state index >= 15 is 0 Å². The lowest BCUT2D eigenvalue weighted by atomic mass is 10.3. The second-order valence-corrected chi connectivity index (χ2v) is 6.08. The molecule has 0 unspecified atom stereocenters. The molecule has 0 spiro atoms. The van der Waals surface area contributed by atoms with Crippen molar-refractivity contribution in [2.45, 2.75) is 11.4 Å². The van der Waals surface area contributed by atoms with Gasteiger partial charge in [-0.05, 0) is 23.8 Å². The average Bonchev–Trinajstić information content (AvgIpc) is 2.53. The van der Waals surface area contributed by atoms with Crippen LogP contribution in [-0.2, 0) is 16.6 Å². The average molecular weight is 338 g/mol. The highest BCUT2D eigenvalue weighted by Crippen LogP contribution is 2.28. The molecule has 10 nitrogen and oxygen atoms in total. The molecule has 0 fully saturated rings. The van der Waals surface area contributed by atoms with Crippen molar-refractivity contribution in [3.63, 3.8) is 0 Å². The molecule has 0 aliphatic carbocycles. The molecule has 1 aromatic heterocycles. The molecule has 2 rings (SSSR count). The van der Waals surface area contributed by atoms with Gasteiger partial charge in [0.15, 0.2) is 4.90 Å². The number of non-ortho nitro benzene ring substituents is 1. The van der Waals surface area contributed by atoms with Gasteiger partial charge in [-0.15, -0.1) is 0 Å². The van der Waals surface area contributed by atoms with E-state index in [4.69, 9.17) is 0 Å². The molecule has 1 N–H and O–H groups in total. The molecule has 2 aromatic rings. The molecule has 0 saturated carbocycles. The van der Waals surface area contributed by atoms with Crippen LogP contribution >= 0.6 is 0 Å². The number of hydrogen-bond donors (Lipinski definition) is 1. The van der Waals surface area contributed by atoms with Crippen LogP contribution < -0.4 is 4.72 Å². The van der Waals surface area contributed by atoms with E-state index in [1.807, 2.05) is 0 Å². The number of nitro benzene ring substituents is 2. The van der Waals surface area contributed by atoms with Crippen molar-refractivity contribution in [1.82, 2.24) is 9.71 Å². The maximum Gasteiger partial charge on any atom is 0.296 e. The molecule has 1 heterocycles. The SMILES string of the molecule is O=[N+]([O-])c1ccc(S(=O)(=O)NCc2ccncc2)c([N+](=O)[O-])c1. The van der Waals surface area contributed by atoms with Crippen molar-refractivity contribution in [3.8, 4) is 0 Å². The monoisotopic (exact) mass is 338 g/mol. The number of rotatable bonds is 6. The molecule has 23 heavy (non-hydrogen) atoms. The van der Waals surface area contributed by atoms with Crippen LogP contribution in [0.5, 0.6) is 0 Å². The van der Waals surface area contributed by atoms with Crippen LogP contribution in [0.4, 0.5) is 11.4 Å². The molecule has 1 aromatic carbocycles. The quantitative estimate of drug-likeness (QED) is 0.618. The van der Waals surface area contributed by atoms with Gasteiger partial charge in [-0.3, -0.25) is 25.2 Å². The Kier molecular flexibility index (Phi) is 4.62. The molecule has 120 valence electrons. The van der Waals surface area contributed by atoms with Crippen molar-refractivity contribution in [2.24, 2.45) is 0 Å². The molecule has 11 heteroatoms. The Morgan fingerprint density at radius 2 is 1.70 bits per heavy atom. The highest BCUT2D eigenvalue weighted by atomic mass is 32.2. The van der Waals surface area contributed by atoms with Crippen LogP contribution in [0.25, 0.3) is 0 Å². The van der Waals surface area contributed by atoms with E-state index in [1.165, 1.54) is 12.4 Å². The number of nitrogens with one attached hydrogen (secondary N) is 1. The van der Waals surface area contributed by atoms with E-state index in [1.54, 1.807) is 12.1 Å². The van der Waals surface area contributed by atoms with E-state index in [9.17, 15) is 28.6 Å². The molecule has 0 atom stereocenters. The van der Waals surface area contributed by atoms with Crippen LogP contribution in [0.3, 0.4) is 0 Å². The predicted octanol–water partition coefficient (Wildman–Crippen LogP) is 1.38. The number of aromatic nitrogens is 1. The van der Waals surface area contributed by atoms with E-state index < -0.39 is 36.1 Å². The summed E-state index contributed by atoms with van der Waals surface area (Å²) in [6, 6.07) is 5.50. The number of sulfonamides is 1. The summed E-state index contributed by atoms with van der Waals surface area (Å²) in [5.41, 5.74) is -0.820. The molecule has 0 aliphatic rings. The zero-order valence-electron chi connectivity index (χ0n) is 11.4. The first-order valence-electron chi connectivity index (χ1n) is 6.12. The predicted molar refractivity (Wildman–Crippen MR) is 78.0 cm³/mol. The lowest BCUT2D eigenvalue weighted by Gasteiger charge is -2.07.